The SMILES string of the molecule is CC(Oc1ccc2c(c1)NC(=O)CO2)C(=O)c1ccc2c(c1)N(C)C(=O)CO2. The van der Waals surface area contributed by atoms with Crippen molar-refractivity contribution in [3.63, 3.8) is 0 Å². The Morgan fingerprint density at radius 1 is 1.11 bits per heavy atom. The Morgan fingerprint density at radius 3 is 2.68 bits per heavy atom. The van der Waals surface area contributed by atoms with Gasteiger partial charge in [-0.1, -0.05) is 0 Å². The molecule has 0 saturated heterocycles. The first-order valence-corrected chi connectivity index (χ1v) is 8.73. The van der Waals surface area contributed by atoms with Crippen LogP contribution >= 0.6 is 0 Å². The van der Waals surface area contributed by atoms with Gasteiger partial charge in [-0.05, 0) is 37.3 Å². The van der Waals surface area contributed by atoms with E-state index in [1.54, 1.807) is 50.4 Å². The third kappa shape index (κ3) is 3.24. The van der Waals surface area contributed by atoms with Gasteiger partial charge in [0.25, 0.3) is 11.8 Å². The number of Topliss-reactive ketones (excluding diaryl/α,β-unsaturated/α-hetero) is 1. The molecule has 2 aliphatic heterocycles. The molecular weight excluding hydrogens is 364 g/mol. The van der Waals surface area contributed by atoms with Crippen molar-refractivity contribution < 1.29 is 28.6 Å². The number of carbonyl (C=O) groups is 3. The van der Waals surface area contributed by atoms with Crippen LogP contribution in [-0.4, -0.2) is 44.0 Å². The zero-order chi connectivity index (χ0) is 19.8. The summed E-state index contributed by atoms with van der Waals surface area (Å²) in [5.41, 5.74) is 1.45. The number of amides is 2. The van der Waals surface area contributed by atoms with E-state index in [1.165, 1.54) is 4.90 Å². The highest BCUT2D eigenvalue weighted by Gasteiger charge is 2.25. The third-order valence-electron chi connectivity index (χ3n) is 4.60. The summed E-state index contributed by atoms with van der Waals surface area (Å²) in [6.07, 6.45) is -0.776. The van der Waals surface area contributed by atoms with Gasteiger partial charge in [0.1, 0.15) is 17.2 Å². The highest BCUT2D eigenvalue weighted by molar-refractivity contribution is 6.03. The molecule has 2 aliphatic rings. The highest BCUT2D eigenvalue weighted by atomic mass is 16.5. The minimum Gasteiger partial charge on any atom is -0.482 e. The maximum atomic E-state index is 12.8. The molecule has 0 bridgehead atoms. The van der Waals surface area contributed by atoms with E-state index in [2.05, 4.69) is 5.32 Å². The van der Waals surface area contributed by atoms with Crippen molar-refractivity contribution in [2.45, 2.75) is 13.0 Å². The van der Waals surface area contributed by atoms with Gasteiger partial charge < -0.3 is 24.4 Å². The second kappa shape index (κ2) is 6.88. The van der Waals surface area contributed by atoms with Gasteiger partial charge in [0.15, 0.2) is 19.3 Å². The Balaban J connectivity index is 1.52. The molecule has 1 unspecified atom stereocenters. The van der Waals surface area contributed by atoms with Gasteiger partial charge >= 0.3 is 0 Å². The topological polar surface area (TPSA) is 94.2 Å². The second-order valence-electron chi connectivity index (χ2n) is 6.54. The lowest BCUT2D eigenvalue weighted by atomic mass is 10.0. The van der Waals surface area contributed by atoms with Crippen molar-refractivity contribution in [3.05, 3.63) is 42.0 Å². The van der Waals surface area contributed by atoms with Crippen LogP contribution in [0.15, 0.2) is 36.4 Å². The average Bonchev–Trinajstić information content (AvgIpc) is 2.69. The third-order valence-corrected chi connectivity index (χ3v) is 4.60. The molecule has 4 rings (SSSR count). The Kier molecular flexibility index (Phi) is 4.38. The van der Waals surface area contributed by atoms with Crippen LogP contribution in [0.1, 0.15) is 17.3 Å². The van der Waals surface area contributed by atoms with Crippen molar-refractivity contribution in [1.82, 2.24) is 0 Å². The lowest BCUT2D eigenvalue weighted by Crippen LogP contribution is -2.35. The van der Waals surface area contributed by atoms with Crippen LogP contribution in [0.3, 0.4) is 0 Å². The first-order valence-electron chi connectivity index (χ1n) is 8.73. The molecule has 8 nitrogen and oxygen atoms in total. The minimum absolute atomic E-state index is 0.0190. The minimum atomic E-state index is -0.776. The normalized spacial score (nSPS) is 16.1. The maximum absolute atomic E-state index is 12.8. The maximum Gasteiger partial charge on any atom is 0.264 e. The molecule has 28 heavy (non-hydrogen) atoms. The monoisotopic (exact) mass is 382 g/mol. The van der Waals surface area contributed by atoms with Crippen molar-refractivity contribution in [2.75, 3.05) is 30.5 Å². The zero-order valence-corrected chi connectivity index (χ0v) is 15.4. The predicted molar refractivity (Wildman–Crippen MR) is 100 cm³/mol. The summed E-state index contributed by atoms with van der Waals surface area (Å²) in [6, 6.07) is 9.90. The number of nitrogens with one attached hydrogen (secondary N) is 1. The molecule has 0 radical (unpaired) electrons. The number of ether oxygens (including phenoxy) is 3. The van der Waals surface area contributed by atoms with E-state index in [0.717, 1.165) is 0 Å². The summed E-state index contributed by atoms with van der Waals surface area (Å²) in [7, 11) is 1.64. The van der Waals surface area contributed by atoms with Gasteiger partial charge in [-0.3, -0.25) is 14.4 Å². The summed E-state index contributed by atoms with van der Waals surface area (Å²) in [6.45, 7) is 1.59. The summed E-state index contributed by atoms with van der Waals surface area (Å²) in [5.74, 6) is 0.862. The number of anilines is 2. The van der Waals surface area contributed by atoms with Gasteiger partial charge in [0, 0.05) is 18.7 Å². The number of rotatable bonds is 4. The number of benzene rings is 2. The molecule has 2 amide bonds. The van der Waals surface area contributed by atoms with Crippen molar-refractivity contribution in [2.24, 2.45) is 0 Å². The smallest absolute Gasteiger partial charge is 0.264 e. The van der Waals surface area contributed by atoms with E-state index in [4.69, 9.17) is 14.2 Å². The summed E-state index contributed by atoms with van der Waals surface area (Å²) in [5, 5.41) is 2.70. The van der Waals surface area contributed by atoms with Crippen LogP contribution in [0.2, 0.25) is 0 Å². The fourth-order valence-electron chi connectivity index (χ4n) is 3.05. The van der Waals surface area contributed by atoms with E-state index in [0.29, 0.717) is 34.2 Å². The molecule has 144 valence electrons. The molecule has 0 fully saturated rings. The largest absolute Gasteiger partial charge is 0.482 e. The number of carbonyl (C=O) groups excluding carboxylic acids is 3. The molecule has 1 N–H and O–H groups in total. The lowest BCUT2D eigenvalue weighted by Gasteiger charge is -2.26. The van der Waals surface area contributed by atoms with Crippen LogP contribution in [0, 0.1) is 0 Å². The number of fused-ring (bicyclic) bond motifs is 2. The summed E-state index contributed by atoms with van der Waals surface area (Å²) < 4.78 is 16.4. The van der Waals surface area contributed by atoms with Crippen LogP contribution in [0.4, 0.5) is 11.4 Å². The Hall–Kier alpha value is -3.55. The van der Waals surface area contributed by atoms with Crippen LogP contribution in [-0.2, 0) is 9.59 Å². The quantitative estimate of drug-likeness (QED) is 0.813. The van der Waals surface area contributed by atoms with E-state index >= 15 is 0 Å². The highest BCUT2D eigenvalue weighted by Crippen LogP contribution is 2.34. The average molecular weight is 382 g/mol. The molecule has 2 heterocycles. The van der Waals surface area contributed by atoms with Gasteiger partial charge in [-0.2, -0.15) is 0 Å². The molecule has 0 aliphatic carbocycles. The van der Waals surface area contributed by atoms with Crippen LogP contribution in [0.5, 0.6) is 17.2 Å². The van der Waals surface area contributed by atoms with Crippen molar-refractivity contribution >= 4 is 29.0 Å². The van der Waals surface area contributed by atoms with E-state index in [1.807, 2.05) is 0 Å². The van der Waals surface area contributed by atoms with Crippen molar-refractivity contribution in [3.8, 4) is 17.2 Å². The van der Waals surface area contributed by atoms with Gasteiger partial charge in [-0.25, -0.2) is 0 Å². The van der Waals surface area contributed by atoms with Gasteiger partial charge in [0.2, 0.25) is 5.78 Å². The fourth-order valence-corrected chi connectivity index (χ4v) is 3.05. The number of nitrogens with zero attached hydrogens (tertiary/aromatic N) is 1. The first kappa shape index (κ1) is 17.8. The first-order chi connectivity index (χ1) is 13.4. The Labute approximate surface area is 161 Å². The molecule has 2 aromatic carbocycles. The molecule has 1 atom stereocenters. The van der Waals surface area contributed by atoms with Gasteiger partial charge in [-0.15, -0.1) is 0 Å². The Morgan fingerprint density at radius 2 is 1.86 bits per heavy atom. The fraction of sp³-hybridized carbons (Fsp3) is 0.250. The van der Waals surface area contributed by atoms with E-state index in [9.17, 15) is 14.4 Å². The number of hydrogen-bond donors (Lipinski definition) is 1. The number of likely N-dealkylation sites (N-methyl/N-ethyl adjacent to an activating group) is 1. The zero-order valence-electron chi connectivity index (χ0n) is 15.4. The van der Waals surface area contributed by atoms with Crippen LogP contribution < -0.4 is 24.4 Å². The number of ketones is 1. The summed E-state index contributed by atoms with van der Waals surface area (Å²) >= 11 is 0. The molecule has 0 aromatic heterocycles. The molecule has 8 heteroatoms. The van der Waals surface area contributed by atoms with Crippen molar-refractivity contribution in [1.29, 1.82) is 0 Å². The van der Waals surface area contributed by atoms with Gasteiger partial charge in [0.05, 0.1) is 11.4 Å². The Bertz CT molecular complexity index is 987. The lowest BCUT2D eigenvalue weighted by molar-refractivity contribution is -0.121. The molecule has 0 saturated carbocycles. The second-order valence-corrected chi connectivity index (χ2v) is 6.54. The summed E-state index contributed by atoms with van der Waals surface area (Å²) in [4.78, 5) is 37.5. The number of hydrogen-bond acceptors (Lipinski definition) is 6. The van der Waals surface area contributed by atoms with E-state index in [-0.39, 0.29) is 30.8 Å². The van der Waals surface area contributed by atoms with E-state index < -0.39 is 6.10 Å². The standard InChI is InChI=1S/C20H18N2O6/c1-11(28-13-4-6-16-14(8-13)21-18(23)9-26-16)20(25)12-3-5-17-15(7-12)22(2)19(24)10-27-17/h3-8,11H,9-10H2,1-2H3,(H,21,23). The molecule has 2 aromatic rings. The molecular formula is C20H18N2O6. The van der Waals surface area contributed by atoms with Crippen LogP contribution in [0.25, 0.3) is 0 Å². The molecule has 0 spiro atoms. The predicted octanol–water partition coefficient (Wildman–Crippen LogP) is 2.02.